The Morgan fingerprint density at radius 2 is 2.00 bits per heavy atom. The summed E-state index contributed by atoms with van der Waals surface area (Å²) in [5.41, 5.74) is 5.96. The van der Waals surface area contributed by atoms with Crippen molar-refractivity contribution in [1.29, 1.82) is 0 Å². The average molecular weight is 355 g/mol. The number of nitrogens with zero attached hydrogens (tertiary/aromatic N) is 6. The molecule has 0 bridgehead atoms. The van der Waals surface area contributed by atoms with Crippen LogP contribution >= 0.6 is 0 Å². The number of H-pyrrole nitrogens is 1. The third kappa shape index (κ3) is 2.89. The highest BCUT2D eigenvalue weighted by atomic mass is 15.3. The summed E-state index contributed by atoms with van der Waals surface area (Å²) in [6, 6.07) is 12.2. The van der Waals surface area contributed by atoms with Gasteiger partial charge in [-0.3, -0.25) is 4.98 Å². The van der Waals surface area contributed by atoms with Crippen LogP contribution in [0, 0.1) is 6.92 Å². The van der Waals surface area contributed by atoms with Crippen LogP contribution in [0.4, 0.5) is 0 Å². The van der Waals surface area contributed by atoms with E-state index in [1.807, 2.05) is 52.2 Å². The fourth-order valence-electron chi connectivity index (χ4n) is 3.12. The second-order valence-corrected chi connectivity index (χ2v) is 6.50. The number of aromatic amines is 1. The number of pyridine rings is 1. The summed E-state index contributed by atoms with van der Waals surface area (Å²) in [6.45, 7) is 2.70. The van der Waals surface area contributed by atoms with E-state index in [1.165, 1.54) is 5.56 Å². The smallest absolute Gasteiger partial charge is 0.177 e. The van der Waals surface area contributed by atoms with Crippen molar-refractivity contribution in [3.63, 3.8) is 0 Å². The lowest BCUT2D eigenvalue weighted by atomic mass is 10.2. The van der Waals surface area contributed by atoms with Crippen molar-refractivity contribution in [2.75, 3.05) is 0 Å². The lowest BCUT2D eigenvalue weighted by Crippen LogP contribution is -2.02. The zero-order valence-corrected chi connectivity index (χ0v) is 14.7. The number of benzene rings is 1. The van der Waals surface area contributed by atoms with E-state index < -0.39 is 0 Å². The van der Waals surface area contributed by atoms with Crippen LogP contribution in [-0.2, 0) is 6.54 Å². The molecule has 7 nitrogen and oxygen atoms in total. The van der Waals surface area contributed by atoms with E-state index in [0.29, 0.717) is 6.54 Å². The normalized spacial score (nSPS) is 11.3. The summed E-state index contributed by atoms with van der Waals surface area (Å²) >= 11 is 0. The van der Waals surface area contributed by atoms with E-state index in [1.54, 1.807) is 12.4 Å². The van der Waals surface area contributed by atoms with Gasteiger partial charge in [-0.2, -0.15) is 10.2 Å². The Labute approximate surface area is 155 Å². The number of hydrogen-bond donors (Lipinski definition) is 1. The zero-order valence-electron chi connectivity index (χ0n) is 14.7. The van der Waals surface area contributed by atoms with Gasteiger partial charge in [-0.25, -0.2) is 14.3 Å². The minimum atomic E-state index is 0.629. The van der Waals surface area contributed by atoms with Crippen molar-refractivity contribution in [3.05, 3.63) is 78.5 Å². The standard InChI is InChI=1S/C20H17N7/c1-14-4-2-6-17(8-14)26-13-16(10-22-26)19-24-18-11-23-27(20(18)25-19)12-15-5-3-7-21-9-15/h2-11,13H,12H2,1H3,(H,24,25). The van der Waals surface area contributed by atoms with Gasteiger partial charge in [-0.1, -0.05) is 18.2 Å². The zero-order chi connectivity index (χ0) is 18.2. The number of hydrogen-bond acceptors (Lipinski definition) is 4. The molecule has 0 spiro atoms. The quantitative estimate of drug-likeness (QED) is 0.536. The molecule has 0 radical (unpaired) electrons. The molecule has 0 saturated carbocycles. The lowest BCUT2D eigenvalue weighted by Gasteiger charge is -2.01. The maximum absolute atomic E-state index is 4.73. The number of imidazole rings is 1. The molecule has 0 amide bonds. The molecule has 0 aliphatic rings. The molecule has 4 aromatic heterocycles. The highest BCUT2D eigenvalue weighted by Crippen LogP contribution is 2.21. The molecule has 0 aliphatic heterocycles. The van der Waals surface area contributed by atoms with Crippen molar-refractivity contribution in [1.82, 2.24) is 34.5 Å². The SMILES string of the molecule is Cc1cccc(-n2cc(-c3nc4c(cnn4Cc4cccnc4)[nH]3)cn2)c1. The van der Waals surface area contributed by atoms with Crippen LogP contribution in [0.2, 0.25) is 0 Å². The van der Waals surface area contributed by atoms with E-state index >= 15 is 0 Å². The van der Waals surface area contributed by atoms with E-state index in [4.69, 9.17) is 4.98 Å². The lowest BCUT2D eigenvalue weighted by molar-refractivity contribution is 0.702. The van der Waals surface area contributed by atoms with Crippen LogP contribution in [0.1, 0.15) is 11.1 Å². The number of rotatable bonds is 4. The number of fused-ring (bicyclic) bond motifs is 1. The first-order valence-corrected chi connectivity index (χ1v) is 8.69. The van der Waals surface area contributed by atoms with Crippen LogP contribution in [0.3, 0.4) is 0 Å². The molecule has 0 unspecified atom stereocenters. The van der Waals surface area contributed by atoms with Gasteiger partial charge in [-0.05, 0) is 36.2 Å². The van der Waals surface area contributed by atoms with Gasteiger partial charge < -0.3 is 4.98 Å². The van der Waals surface area contributed by atoms with Crippen LogP contribution in [0.5, 0.6) is 0 Å². The van der Waals surface area contributed by atoms with Gasteiger partial charge >= 0.3 is 0 Å². The van der Waals surface area contributed by atoms with Crippen LogP contribution < -0.4 is 0 Å². The van der Waals surface area contributed by atoms with Gasteiger partial charge in [0.15, 0.2) is 5.65 Å². The molecule has 27 heavy (non-hydrogen) atoms. The summed E-state index contributed by atoms with van der Waals surface area (Å²) in [4.78, 5) is 12.2. The first-order valence-electron chi connectivity index (χ1n) is 8.69. The fourth-order valence-corrected chi connectivity index (χ4v) is 3.12. The molecule has 132 valence electrons. The van der Waals surface area contributed by atoms with E-state index in [-0.39, 0.29) is 0 Å². The van der Waals surface area contributed by atoms with Gasteiger partial charge in [0.1, 0.15) is 11.3 Å². The van der Waals surface area contributed by atoms with Crippen LogP contribution in [0.25, 0.3) is 28.2 Å². The molecule has 5 aromatic rings. The summed E-state index contributed by atoms with van der Waals surface area (Å²) in [5, 5.41) is 8.90. The summed E-state index contributed by atoms with van der Waals surface area (Å²) < 4.78 is 3.73. The topological polar surface area (TPSA) is 77.2 Å². The molecule has 0 saturated heterocycles. The third-order valence-electron chi connectivity index (χ3n) is 4.46. The van der Waals surface area contributed by atoms with Gasteiger partial charge in [0.05, 0.1) is 30.2 Å². The van der Waals surface area contributed by atoms with Crippen LogP contribution in [0.15, 0.2) is 67.4 Å². The summed E-state index contributed by atoms with van der Waals surface area (Å²) in [5.74, 6) is 0.779. The summed E-state index contributed by atoms with van der Waals surface area (Å²) in [6.07, 6.45) is 9.20. The predicted octanol–water partition coefficient (Wildman–Crippen LogP) is 3.36. The molecule has 0 aliphatic carbocycles. The Morgan fingerprint density at radius 1 is 1.04 bits per heavy atom. The molecular formula is C20H17N7. The van der Waals surface area contributed by atoms with Crippen molar-refractivity contribution in [3.8, 4) is 17.1 Å². The van der Waals surface area contributed by atoms with E-state index in [9.17, 15) is 0 Å². The van der Waals surface area contributed by atoms with Gasteiger partial charge in [0.25, 0.3) is 0 Å². The molecule has 5 rings (SSSR count). The van der Waals surface area contributed by atoms with Gasteiger partial charge in [0, 0.05) is 18.6 Å². The van der Waals surface area contributed by atoms with Gasteiger partial charge in [0.2, 0.25) is 0 Å². The second kappa shape index (κ2) is 6.21. The number of aryl methyl sites for hydroxylation is 1. The Bertz CT molecular complexity index is 1210. The largest absolute Gasteiger partial charge is 0.335 e. The average Bonchev–Trinajstić information content (AvgIpc) is 3.39. The van der Waals surface area contributed by atoms with E-state index in [0.717, 1.165) is 33.8 Å². The highest BCUT2D eigenvalue weighted by Gasteiger charge is 2.13. The molecule has 1 N–H and O–H groups in total. The van der Waals surface area contributed by atoms with Crippen molar-refractivity contribution in [2.24, 2.45) is 0 Å². The maximum Gasteiger partial charge on any atom is 0.177 e. The first-order chi connectivity index (χ1) is 13.3. The Kier molecular flexibility index (Phi) is 3.57. The molecule has 0 fully saturated rings. The highest BCUT2D eigenvalue weighted by molar-refractivity contribution is 5.75. The molecule has 0 atom stereocenters. The fraction of sp³-hybridized carbons (Fsp3) is 0.100. The summed E-state index contributed by atoms with van der Waals surface area (Å²) in [7, 11) is 0. The monoisotopic (exact) mass is 355 g/mol. The second-order valence-electron chi connectivity index (χ2n) is 6.50. The molecule has 1 aromatic carbocycles. The Morgan fingerprint density at radius 3 is 2.85 bits per heavy atom. The number of aromatic nitrogens is 7. The minimum Gasteiger partial charge on any atom is -0.335 e. The van der Waals surface area contributed by atoms with Gasteiger partial charge in [-0.15, -0.1) is 0 Å². The number of nitrogens with one attached hydrogen (secondary N) is 1. The predicted molar refractivity (Wildman–Crippen MR) is 103 cm³/mol. The maximum atomic E-state index is 4.73. The first kappa shape index (κ1) is 15.5. The molecule has 7 heteroatoms. The minimum absolute atomic E-state index is 0.629. The van der Waals surface area contributed by atoms with E-state index in [2.05, 4.69) is 39.2 Å². The Hall–Kier alpha value is -3.74. The third-order valence-corrected chi connectivity index (χ3v) is 4.46. The van der Waals surface area contributed by atoms with Crippen molar-refractivity contribution >= 4 is 11.2 Å². The molecule has 4 heterocycles. The van der Waals surface area contributed by atoms with Crippen molar-refractivity contribution < 1.29 is 0 Å². The van der Waals surface area contributed by atoms with Crippen molar-refractivity contribution in [2.45, 2.75) is 13.5 Å². The van der Waals surface area contributed by atoms with Crippen LogP contribution in [-0.4, -0.2) is 34.5 Å². The Balaban J connectivity index is 1.48. The molecular weight excluding hydrogens is 338 g/mol.